The summed E-state index contributed by atoms with van der Waals surface area (Å²) in [6, 6.07) is 3.75. The fraction of sp³-hybridized carbons (Fsp3) is 0.467. The lowest BCUT2D eigenvalue weighted by molar-refractivity contribution is 0.0927. The molecule has 0 aromatic carbocycles. The van der Waals surface area contributed by atoms with E-state index in [1.165, 1.54) is 0 Å². The SMILES string of the molecule is Cc1nccc(N2CCCC(NC(=O)c3ccn(C)n3)C2)n1. The number of nitrogens with zero attached hydrogens (tertiary/aromatic N) is 5. The molecule has 1 N–H and O–H groups in total. The van der Waals surface area contributed by atoms with Gasteiger partial charge in [-0.2, -0.15) is 5.10 Å². The van der Waals surface area contributed by atoms with E-state index in [0.717, 1.165) is 37.6 Å². The molecule has 2 aromatic rings. The summed E-state index contributed by atoms with van der Waals surface area (Å²) in [4.78, 5) is 23.0. The van der Waals surface area contributed by atoms with Gasteiger partial charge >= 0.3 is 0 Å². The van der Waals surface area contributed by atoms with E-state index in [-0.39, 0.29) is 11.9 Å². The summed E-state index contributed by atoms with van der Waals surface area (Å²) in [6.07, 6.45) is 5.54. The molecule has 3 heterocycles. The molecule has 1 fully saturated rings. The molecule has 1 aliphatic heterocycles. The van der Waals surface area contributed by atoms with E-state index in [0.29, 0.717) is 5.69 Å². The van der Waals surface area contributed by atoms with Crippen molar-refractivity contribution in [2.24, 2.45) is 7.05 Å². The van der Waals surface area contributed by atoms with Crippen LogP contribution < -0.4 is 10.2 Å². The molecule has 0 bridgehead atoms. The van der Waals surface area contributed by atoms with Gasteiger partial charge in [0, 0.05) is 38.6 Å². The lowest BCUT2D eigenvalue weighted by Gasteiger charge is -2.33. The summed E-state index contributed by atoms with van der Waals surface area (Å²) in [7, 11) is 1.80. The molecule has 0 radical (unpaired) electrons. The molecule has 1 atom stereocenters. The van der Waals surface area contributed by atoms with Crippen molar-refractivity contribution < 1.29 is 4.79 Å². The number of rotatable bonds is 3. The Morgan fingerprint density at radius 1 is 1.41 bits per heavy atom. The standard InChI is InChI=1S/C15H20N6O/c1-11-16-7-5-14(17-11)21-8-3-4-12(10-21)18-15(22)13-6-9-20(2)19-13/h5-7,9,12H,3-4,8,10H2,1-2H3,(H,18,22). The Morgan fingerprint density at radius 2 is 2.27 bits per heavy atom. The summed E-state index contributed by atoms with van der Waals surface area (Å²) in [6.45, 7) is 3.59. The minimum Gasteiger partial charge on any atom is -0.354 e. The molecule has 1 amide bonds. The fourth-order valence-electron chi connectivity index (χ4n) is 2.72. The second-order valence-electron chi connectivity index (χ2n) is 5.60. The van der Waals surface area contributed by atoms with E-state index in [1.54, 1.807) is 30.2 Å². The van der Waals surface area contributed by atoms with Crippen molar-refractivity contribution in [3.63, 3.8) is 0 Å². The molecule has 116 valence electrons. The molecule has 3 rings (SSSR count). The van der Waals surface area contributed by atoms with Gasteiger partial charge in [-0.25, -0.2) is 9.97 Å². The minimum absolute atomic E-state index is 0.110. The lowest BCUT2D eigenvalue weighted by atomic mass is 10.1. The van der Waals surface area contributed by atoms with Gasteiger partial charge in [-0.15, -0.1) is 0 Å². The topological polar surface area (TPSA) is 75.9 Å². The molecule has 7 nitrogen and oxygen atoms in total. The Labute approximate surface area is 129 Å². The Kier molecular flexibility index (Phi) is 4.04. The van der Waals surface area contributed by atoms with Crippen LogP contribution in [0.4, 0.5) is 5.82 Å². The van der Waals surface area contributed by atoms with Gasteiger partial charge < -0.3 is 10.2 Å². The monoisotopic (exact) mass is 300 g/mol. The lowest BCUT2D eigenvalue weighted by Crippen LogP contribution is -2.48. The number of carbonyl (C=O) groups excluding carboxylic acids is 1. The van der Waals surface area contributed by atoms with Crippen LogP contribution in [0.5, 0.6) is 0 Å². The highest BCUT2D eigenvalue weighted by molar-refractivity contribution is 5.92. The summed E-state index contributed by atoms with van der Waals surface area (Å²) in [5.41, 5.74) is 0.456. The third kappa shape index (κ3) is 3.24. The third-order valence-corrected chi connectivity index (χ3v) is 3.79. The summed E-state index contributed by atoms with van der Waals surface area (Å²) >= 11 is 0. The molecule has 7 heteroatoms. The second-order valence-corrected chi connectivity index (χ2v) is 5.60. The largest absolute Gasteiger partial charge is 0.354 e. The van der Waals surface area contributed by atoms with Crippen molar-refractivity contribution in [2.45, 2.75) is 25.8 Å². The normalized spacial score (nSPS) is 18.3. The zero-order valence-electron chi connectivity index (χ0n) is 12.9. The minimum atomic E-state index is -0.119. The summed E-state index contributed by atoms with van der Waals surface area (Å²) in [5, 5.41) is 7.20. The highest BCUT2D eigenvalue weighted by Crippen LogP contribution is 2.17. The molecular formula is C15H20N6O. The number of nitrogens with one attached hydrogen (secondary N) is 1. The van der Waals surface area contributed by atoms with Crippen LogP contribution in [-0.4, -0.2) is 44.8 Å². The molecule has 0 saturated carbocycles. The van der Waals surface area contributed by atoms with Crippen LogP contribution in [0.3, 0.4) is 0 Å². The van der Waals surface area contributed by atoms with Crippen LogP contribution in [-0.2, 0) is 7.05 Å². The number of amides is 1. The Morgan fingerprint density at radius 3 is 3.00 bits per heavy atom. The molecule has 1 saturated heterocycles. The van der Waals surface area contributed by atoms with Gasteiger partial charge in [0.1, 0.15) is 17.3 Å². The van der Waals surface area contributed by atoms with E-state index in [4.69, 9.17) is 0 Å². The number of hydrogen-bond donors (Lipinski definition) is 1. The Balaban J connectivity index is 1.64. The van der Waals surface area contributed by atoms with E-state index in [9.17, 15) is 4.79 Å². The average Bonchev–Trinajstić information content (AvgIpc) is 2.94. The van der Waals surface area contributed by atoms with E-state index < -0.39 is 0 Å². The van der Waals surface area contributed by atoms with Crippen LogP contribution in [0.1, 0.15) is 29.2 Å². The van der Waals surface area contributed by atoms with Crippen LogP contribution >= 0.6 is 0 Å². The van der Waals surface area contributed by atoms with Crippen molar-refractivity contribution in [3.05, 3.63) is 36.0 Å². The van der Waals surface area contributed by atoms with E-state index in [2.05, 4.69) is 25.3 Å². The van der Waals surface area contributed by atoms with Gasteiger partial charge in [-0.1, -0.05) is 0 Å². The maximum absolute atomic E-state index is 12.2. The van der Waals surface area contributed by atoms with Crippen molar-refractivity contribution in [1.29, 1.82) is 0 Å². The fourth-order valence-corrected chi connectivity index (χ4v) is 2.72. The zero-order chi connectivity index (χ0) is 15.5. The average molecular weight is 300 g/mol. The highest BCUT2D eigenvalue weighted by Gasteiger charge is 2.23. The molecular weight excluding hydrogens is 280 g/mol. The number of aryl methyl sites for hydroxylation is 2. The zero-order valence-corrected chi connectivity index (χ0v) is 12.9. The smallest absolute Gasteiger partial charge is 0.272 e. The third-order valence-electron chi connectivity index (χ3n) is 3.79. The van der Waals surface area contributed by atoms with E-state index >= 15 is 0 Å². The van der Waals surface area contributed by atoms with Crippen molar-refractivity contribution in [3.8, 4) is 0 Å². The molecule has 0 spiro atoms. The maximum atomic E-state index is 12.2. The van der Waals surface area contributed by atoms with Gasteiger partial charge in [0.25, 0.3) is 5.91 Å². The van der Waals surface area contributed by atoms with E-state index in [1.807, 2.05) is 13.0 Å². The first-order chi connectivity index (χ1) is 10.6. The van der Waals surface area contributed by atoms with Gasteiger partial charge in [0.2, 0.25) is 0 Å². The predicted molar refractivity (Wildman–Crippen MR) is 82.7 cm³/mol. The molecule has 1 unspecified atom stereocenters. The first kappa shape index (κ1) is 14.5. The van der Waals surface area contributed by atoms with Crippen LogP contribution in [0.2, 0.25) is 0 Å². The van der Waals surface area contributed by atoms with Crippen LogP contribution in [0.25, 0.3) is 0 Å². The van der Waals surface area contributed by atoms with Gasteiger partial charge in [-0.05, 0) is 31.9 Å². The Hall–Kier alpha value is -2.44. The highest BCUT2D eigenvalue weighted by atomic mass is 16.2. The number of carbonyl (C=O) groups is 1. The predicted octanol–water partition coefficient (Wildman–Crippen LogP) is 0.917. The summed E-state index contributed by atoms with van der Waals surface area (Å²) < 4.78 is 1.63. The summed E-state index contributed by atoms with van der Waals surface area (Å²) in [5.74, 6) is 1.56. The van der Waals surface area contributed by atoms with Gasteiger partial charge in [0.15, 0.2) is 0 Å². The molecule has 0 aliphatic carbocycles. The van der Waals surface area contributed by atoms with Crippen LogP contribution in [0.15, 0.2) is 24.5 Å². The quantitative estimate of drug-likeness (QED) is 0.912. The number of anilines is 1. The van der Waals surface area contributed by atoms with Gasteiger partial charge in [0.05, 0.1) is 0 Å². The first-order valence-corrected chi connectivity index (χ1v) is 7.47. The molecule has 1 aliphatic rings. The number of aromatic nitrogens is 4. The second kappa shape index (κ2) is 6.13. The number of piperidine rings is 1. The van der Waals surface area contributed by atoms with Crippen molar-refractivity contribution in [1.82, 2.24) is 25.1 Å². The maximum Gasteiger partial charge on any atom is 0.272 e. The molecule has 22 heavy (non-hydrogen) atoms. The Bertz CT molecular complexity index is 668. The van der Waals surface area contributed by atoms with Crippen molar-refractivity contribution >= 4 is 11.7 Å². The van der Waals surface area contributed by atoms with Crippen LogP contribution in [0, 0.1) is 6.92 Å². The van der Waals surface area contributed by atoms with Crippen molar-refractivity contribution in [2.75, 3.05) is 18.0 Å². The van der Waals surface area contributed by atoms with Gasteiger partial charge in [-0.3, -0.25) is 9.48 Å². The first-order valence-electron chi connectivity index (χ1n) is 7.47. The number of hydrogen-bond acceptors (Lipinski definition) is 5. The molecule has 2 aromatic heterocycles.